The van der Waals surface area contributed by atoms with E-state index in [-0.39, 0.29) is 17.7 Å². The van der Waals surface area contributed by atoms with Crippen molar-refractivity contribution in [2.45, 2.75) is 19.8 Å². The molecule has 0 aliphatic heterocycles. The molecule has 25 heavy (non-hydrogen) atoms. The van der Waals surface area contributed by atoms with Gasteiger partial charge in [-0.15, -0.1) is 0 Å². The van der Waals surface area contributed by atoms with Crippen molar-refractivity contribution in [2.75, 3.05) is 13.1 Å². The molecule has 4 rings (SSSR count). The van der Waals surface area contributed by atoms with Gasteiger partial charge in [-0.25, -0.2) is 0 Å². The molecule has 1 aromatic heterocycles. The number of hydrogen-bond donors (Lipinski definition) is 2. The van der Waals surface area contributed by atoms with Crippen LogP contribution in [0.15, 0.2) is 40.8 Å². The SMILES string of the molecule is Cc1c(C(=O)NCCNC(=O)C2CC2)oc2c1ccc1ccccc12. The van der Waals surface area contributed by atoms with Gasteiger partial charge in [-0.05, 0) is 25.2 Å². The number of benzene rings is 2. The lowest BCUT2D eigenvalue weighted by Crippen LogP contribution is -2.35. The summed E-state index contributed by atoms with van der Waals surface area (Å²) < 4.78 is 5.90. The zero-order valence-corrected chi connectivity index (χ0v) is 14.1. The average molecular weight is 336 g/mol. The number of carbonyl (C=O) groups excluding carboxylic acids is 2. The van der Waals surface area contributed by atoms with Gasteiger partial charge in [-0.3, -0.25) is 9.59 Å². The molecule has 5 heteroatoms. The van der Waals surface area contributed by atoms with Crippen LogP contribution in [0.1, 0.15) is 29.0 Å². The van der Waals surface area contributed by atoms with Crippen molar-refractivity contribution in [2.24, 2.45) is 5.92 Å². The van der Waals surface area contributed by atoms with Gasteiger partial charge < -0.3 is 15.1 Å². The van der Waals surface area contributed by atoms with Crippen molar-refractivity contribution >= 4 is 33.6 Å². The van der Waals surface area contributed by atoms with Gasteiger partial charge in [0.25, 0.3) is 5.91 Å². The largest absolute Gasteiger partial charge is 0.450 e. The molecule has 2 N–H and O–H groups in total. The Morgan fingerprint density at radius 1 is 1.04 bits per heavy atom. The lowest BCUT2D eigenvalue weighted by Gasteiger charge is -2.05. The Balaban J connectivity index is 1.50. The molecule has 1 saturated carbocycles. The van der Waals surface area contributed by atoms with E-state index in [1.807, 2.05) is 43.3 Å². The van der Waals surface area contributed by atoms with Crippen molar-refractivity contribution in [1.29, 1.82) is 0 Å². The van der Waals surface area contributed by atoms with E-state index in [4.69, 9.17) is 4.42 Å². The quantitative estimate of drug-likeness (QED) is 0.703. The Morgan fingerprint density at radius 2 is 1.80 bits per heavy atom. The van der Waals surface area contributed by atoms with Crippen molar-refractivity contribution < 1.29 is 14.0 Å². The molecule has 0 unspecified atom stereocenters. The maximum Gasteiger partial charge on any atom is 0.287 e. The lowest BCUT2D eigenvalue weighted by atomic mass is 10.1. The van der Waals surface area contributed by atoms with Crippen LogP contribution in [0.4, 0.5) is 0 Å². The maximum absolute atomic E-state index is 12.4. The number of fused-ring (bicyclic) bond motifs is 3. The van der Waals surface area contributed by atoms with Crippen LogP contribution in [0.5, 0.6) is 0 Å². The fraction of sp³-hybridized carbons (Fsp3) is 0.300. The normalized spacial score (nSPS) is 14.0. The van der Waals surface area contributed by atoms with Crippen molar-refractivity contribution in [1.82, 2.24) is 10.6 Å². The molecule has 0 spiro atoms. The van der Waals surface area contributed by atoms with Crippen LogP contribution in [0, 0.1) is 12.8 Å². The highest BCUT2D eigenvalue weighted by Gasteiger charge is 2.29. The van der Waals surface area contributed by atoms with E-state index in [0.29, 0.717) is 18.8 Å². The number of furan rings is 1. The molecular formula is C20H20N2O3. The van der Waals surface area contributed by atoms with Gasteiger partial charge in [-0.2, -0.15) is 0 Å². The van der Waals surface area contributed by atoms with Crippen molar-refractivity contribution in [3.8, 4) is 0 Å². The second kappa shape index (κ2) is 6.24. The average Bonchev–Trinajstić information content (AvgIpc) is 3.42. The zero-order valence-electron chi connectivity index (χ0n) is 14.1. The Morgan fingerprint density at radius 3 is 2.60 bits per heavy atom. The molecule has 0 radical (unpaired) electrons. The van der Waals surface area contributed by atoms with Crippen LogP contribution in [0.2, 0.25) is 0 Å². The molecule has 128 valence electrons. The highest BCUT2D eigenvalue weighted by molar-refractivity contribution is 6.08. The van der Waals surface area contributed by atoms with Crippen molar-refractivity contribution in [3.63, 3.8) is 0 Å². The molecule has 2 aromatic carbocycles. The molecule has 1 aliphatic rings. The first-order valence-corrected chi connectivity index (χ1v) is 8.62. The topological polar surface area (TPSA) is 71.3 Å². The van der Waals surface area contributed by atoms with Gasteiger partial charge in [0, 0.05) is 35.3 Å². The third-order valence-electron chi connectivity index (χ3n) is 4.69. The summed E-state index contributed by atoms with van der Waals surface area (Å²) in [6.45, 7) is 2.71. The first-order valence-electron chi connectivity index (χ1n) is 8.62. The smallest absolute Gasteiger partial charge is 0.287 e. The third-order valence-corrected chi connectivity index (χ3v) is 4.69. The molecule has 1 heterocycles. The summed E-state index contributed by atoms with van der Waals surface area (Å²) in [5.74, 6) is 0.348. The Hall–Kier alpha value is -2.82. The van der Waals surface area contributed by atoms with Gasteiger partial charge in [-0.1, -0.05) is 36.4 Å². The predicted molar refractivity (Wildman–Crippen MR) is 96.5 cm³/mol. The second-order valence-corrected chi connectivity index (χ2v) is 6.54. The maximum atomic E-state index is 12.4. The van der Waals surface area contributed by atoms with Crippen LogP contribution in [0.25, 0.3) is 21.7 Å². The number of carbonyl (C=O) groups is 2. The molecule has 0 bridgehead atoms. The lowest BCUT2D eigenvalue weighted by molar-refractivity contribution is -0.122. The molecule has 0 saturated heterocycles. The van der Waals surface area contributed by atoms with Crippen LogP contribution in [-0.2, 0) is 4.79 Å². The first-order chi connectivity index (χ1) is 12.1. The van der Waals surface area contributed by atoms with Crippen LogP contribution < -0.4 is 10.6 Å². The number of amides is 2. The predicted octanol–water partition coefficient (Wildman–Crippen LogP) is 3.15. The van der Waals surface area contributed by atoms with E-state index in [1.165, 1.54) is 0 Å². The molecule has 5 nitrogen and oxygen atoms in total. The summed E-state index contributed by atoms with van der Waals surface area (Å²) in [4.78, 5) is 24.0. The van der Waals surface area contributed by atoms with Crippen LogP contribution in [0.3, 0.4) is 0 Å². The summed E-state index contributed by atoms with van der Waals surface area (Å²) in [6.07, 6.45) is 1.95. The van der Waals surface area contributed by atoms with Crippen LogP contribution >= 0.6 is 0 Å². The Labute approximate surface area is 145 Å². The fourth-order valence-electron chi connectivity index (χ4n) is 3.10. The van der Waals surface area contributed by atoms with Gasteiger partial charge in [0.2, 0.25) is 5.91 Å². The summed E-state index contributed by atoms with van der Waals surface area (Å²) in [5.41, 5.74) is 1.57. The Kier molecular flexibility index (Phi) is 3.92. The molecule has 1 aliphatic carbocycles. The second-order valence-electron chi connectivity index (χ2n) is 6.54. The number of nitrogens with one attached hydrogen (secondary N) is 2. The summed E-state index contributed by atoms with van der Waals surface area (Å²) in [5, 5.41) is 8.68. The third kappa shape index (κ3) is 2.97. The highest BCUT2D eigenvalue weighted by Crippen LogP contribution is 2.31. The summed E-state index contributed by atoms with van der Waals surface area (Å²) in [6, 6.07) is 12.0. The zero-order chi connectivity index (χ0) is 17.4. The molecule has 3 aromatic rings. The van der Waals surface area contributed by atoms with E-state index in [0.717, 1.165) is 40.1 Å². The van der Waals surface area contributed by atoms with Gasteiger partial charge >= 0.3 is 0 Å². The standard InChI is InChI=1S/C20H20N2O3/c1-12-15-9-8-13-4-2-3-5-16(13)18(15)25-17(12)20(24)22-11-10-21-19(23)14-6-7-14/h2-5,8-9,14H,6-7,10-11H2,1H3,(H,21,23)(H,22,24). The number of aryl methyl sites for hydroxylation is 1. The number of rotatable bonds is 5. The van der Waals surface area contributed by atoms with E-state index >= 15 is 0 Å². The minimum Gasteiger partial charge on any atom is -0.450 e. The summed E-state index contributed by atoms with van der Waals surface area (Å²) in [7, 11) is 0. The molecule has 1 fully saturated rings. The first kappa shape index (κ1) is 15.7. The molecular weight excluding hydrogens is 316 g/mol. The fourth-order valence-corrected chi connectivity index (χ4v) is 3.10. The van der Waals surface area contributed by atoms with E-state index < -0.39 is 0 Å². The van der Waals surface area contributed by atoms with Gasteiger partial charge in [0.1, 0.15) is 5.58 Å². The monoisotopic (exact) mass is 336 g/mol. The molecule has 0 atom stereocenters. The summed E-state index contributed by atoms with van der Waals surface area (Å²) >= 11 is 0. The highest BCUT2D eigenvalue weighted by atomic mass is 16.3. The molecule has 2 amide bonds. The van der Waals surface area contributed by atoms with E-state index in [2.05, 4.69) is 10.6 Å². The minimum atomic E-state index is -0.251. The van der Waals surface area contributed by atoms with Gasteiger partial charge in [0.05, 0.1) is 0 Å². The van der Waals surface area contributed by atoms with E-state index in [9.17, 15) is 9.59 Å². The Bertz CT molecular complexity index is 970. The van der Waals surface area contributed by atoms with Gasteiger partial charge in [0.15, 0.2) is 5.76 Å². The van der Waals surface area contributed by atoms with Crippen LogP contribution in [-0.4, -0.2) is 24.9 Å². The van der Waals surface area contributed by atoms with E-state index in [1.54, 1.807) is 0 Å². The van der Waals surface area contributed by atoms with Crippen molar-refractivity contribution in [3.05, 3.63) is 47.7 Å². The minimum absolute atomic E-state index is 0.0839. The number of hydrogen-bond acceptors (Lipinski definition) is 3.